The standard InChI is InChI=1S/C24H28FN3O.C10H14S/c1-26-14-15-28-21-11-13-27(16-20(21)19-4-2-5-22(26)24(19)28)12-3-6-23(29)17-7-9-18(25)10-8-17;1-9-5-7-10(8-6-9)11(2,3)4/h2,4-5,7-10,20-21H,3,6,11-16H2,1H3;5-8H,2-3H2,1,4H3/t20-,21-;/m0./s1. The van der Waals surface area contributed by atoms with Crippen LogP contribution in [0, 0.1) is 12.7 Å². The van der Waals surface area contributed by atoms with Crippen molar-refractivity contribution in [1.29, 1.82) is 0 Å². The van der Waals surface area contributed by atoms with E-state index in [4.69, 9.17) is 0 Å². The van der Waals surface area contributed by atoms with Crippen LogP contribution in [0.15, 0.2) is 71.6 Å². The van der Waals surface area contributed by atoms with Gasteiger partial charge in [0.05, 0.1) is 11.4 Å². The first kappa shape index (κ1) is 28.4. The van der Waals surface area contributed by atoms with Crippen LogP contribution in [0.1, 0.15) is 46.7 Å². The van der Waals surface area contributed by atoms with Crippen molar-refractivity contribution in [2.45, 2.75) is 43.0 Å². The molecule has 6 heteroatoms. The quantitative estimate of drug-likeness (QED) is 0.252. The molecule has 0 aliphatic carbocycles. The van der Waals surface area contributed by atoms with Gasteiger partial charge in [0.25, 0.3) is 0 Å². The Morgan fingerprint density at radius 2 is 1.73 bits per heavy atom. The monoisotopic (exact) mass is 559 g/mol. The van der Waals surface area contributed by atoms with Gasteiger partial charge < -0.3 is 14.7 Å². The van der Waals surface area contributed by atoms with E-state index in [1.165, 1.54) is 46.0 Å². The van der Waals surface area contributed by atoms with E-state index in [0.29, 0.717) is 23.9 Å². The summed E-state index contributed by atoms with van der Waals surface area (Å²) < 4.78 is 13.0. The molecule has 3 aromatic carbocycles. The number of hydrogen-bond acceptors (Lipinski definition) is 4. The number of anilines is 2. The molecular weight excluding hydrogens is 517 g/mol. The van der Waals surface area contributed by atoms with Crippen LogP contribution in [0.4, 0.5) is 15.8 Å². The van der Waals surface area contributed by atoms with Crippen LogP contribution in [0.5, 0.6) is 0 Å². The van der Waals surface area contributed by atoms with Crippen molar-refractivity contribution in [3.05, 3.63) is 89.2 Å². The topological polar surface area (TPSA) is 26.8 Å². The second-order valence-corrected chi connectivity index (χ2v) is 14.7. The van der Waals surface area contributed by atoms with E-state index in [1.807, 2.05) is 0 Å². The number of Topliss-reactive ketones (excluding diaryl/α,β-unsaturated/α-hetero) is 1. The lowest BCUT2D eigenvalue weighted by atomic mass is 9.89. The minimum absolute atomic E-state index is 0.107. The summed E-state index contributed by atoms with van der Waals surface area (Å²) in [5.41, 5.74) is 6.24. The van der Waals surface area contributed by atoms with Gasteiger partial charge in [0.2, 0.25) is 0 Å². The van der Waals surface area contributed by atoms with Gasteiger partial charge in [0.1, 0.15) is 5.82 Å². The number of likely N-dealkylation sites (tertiary alicyclic amines) is 1. The van der Waals surface area contributed by atoms with E-state index in [0.717, 1.165) is 39.1 Å². The molecule has 3 aliphatic rings. The maximum atomic E-state index is 13.0. The van der Waals surface area contributed by atoms with E-state index < -0.39 is 9.21 Å². The summed E-state index contributed by atoms with van der Waals surface area (Å²) in [6.07, 6.45) is 4.66. The molecule has 40 heavy (non-hydrogen) atoms. The molecule has 3 heterocycles. The maximum Gasteiger partial charge on any atom is 0.162 e. The highest BCUT2D eigenvalue weighted by Gasteiger charge is 2.44. The highest BCUT2D eigenvalue weighted by Crippen LogP contribution is 2.50. The van der Waals surface area contributed by atoms with Crippen LogP contribution in [0.3, 0.4) is 0 Å². The van der Waals surface area contributed by atoms with Crippen molar-refractivity contribution < 1.29 is 9.18 Å². The van der Waals surface area contributed by atoms with E-state index in [-0.39, 0.29) is 11.6 Å². The Morgan fingerprint density at radius 1 is 1.00 bits per heavy atom. The van der Waals surface area contributed by atoms with Crippen LogP contribution in [-0.2, 0) is 0 Å². The predicted octanol–water partition coefficient (Wildman–Crippen LogP) is 6.57. The lowest BCUT2D eigenvalue weighted by Gasteiger charge is -2.41. The Bertz CT molecular complexity index is 1450. The van der Waals surface area contributed by atoms with Crippen molar-refractivity contribution >= 4 is 38.1 Å². The summed E-state index contributed by atoms with van der Waals surface area (Å²) in [6, 6.07) is 21.7. The molecule has 0 unspecified atom stereocenters. The molecule has 0 radical (unpaired) electrons. The van der Waals surface area contributed by atoms with Crippen molar-refractivity contribution in [3.63, 3.8) is 0 Å². The van der Waals surface area contributed by atoms with Crippen molar-refractivity contribution in [2.24, 2.45) is 0 Å². The molecule has 4 nitrogen and oxygen atoms in total. The Hall–Kier alpha value is -3.09. The number of hydrogen-bond donors (Lipinski definition) is 0. The van der Waals surface area contributed by atoms with Crippen molar-refractivity contribution in [2.75, 3.05) is 55.8 Å². The zero-order chi connectivity index (χ0) is 28.4. The number of piperidine rings is 1. The third-order valence-electron chi connectivity index (χ3n) is 8.52. The molecule has 0 N–H and O–H groups in total. The van der Waals surface area contributed by atoms with Gasteiger partial charge in [-0.05, 0) is 85.5 Å². The first-order chi connectivity index (χ1) is 19.1. The maximum absolute atomic E-state index is 13.0. The number of aryl methyl sites for hydroxylation is 1. The molecule has 6 rings (SSSR count). The number of para-hydroxylation sites is 1. The highest BCUT2D eigenvalue weighted by molar-refractivity contribution is 8.27. The summed E-state index contributed by atoms with van der Waals surface area (Å²) in [4.78, 5) is 21.2. The number of benzene rings is 3. The largest absolute Gasteiger partial charge is 0.371 e. The highest BCUT2D eigenvalue weighted by atomic mass is 32.2. The summed E-state index contributed by atoms with van der Waals surface area (Å²) in [5.74, 6) is 8.46. The molecule has 0 aromatic heterocycles. The number of fused-ring (bicyclic) bond motifs is 3. The third kappa shape index (κ3) is 6.13. The predicted molar refractivity (Wildman–Crippen MR) is 172 cm³/mol. The van der Waals surface area contributed by atoms with Crippen molar-refractivity contribution in [1.82, 2.24) is 4.90 Å². The molecular formula is C34H42FN3OS. The lowest BCUT2D eigenvalue weighted by molar-refractivity contribution is 0.0971. The molecule has 3 aromatic rings. The fourth-order valence-corrected chi connectivity index (χ4v) is 7.08. The van der Waals surface area contributed by atoms with Gasteiger partial charge in [-0.15, -0.1) is 0 Å². The van der Waals surface area contributed by atoms with Crippen LogP contribution in [0.25, 0.3) is 0 Å². The van der Waals surface area contributed by atoms with E-state index in [1.54, 1.807) is 12.1 Å². The minimum Gasteiger partial charge on any atom is -0.371 e. The number of likely N-dealkylation sites (N-methyl/N-ethyl adjacent to an activating group) is 1. The zero-order valence-corrected chi connectivity index (χ0v) is 24.9. The normalized spacial score (nSPS) is 19.9. The summed E-state index contributed by atoms with van der Waals surface area (Å²) in [5, 5.41) is 0. The van der Waals surface area contributed by atoms with Gasteiger partial charge in [0.15, 0.2) is 5.78 Å². The number of rotatable bonds is 6. The molecule has 0 spiro atoms. The number of halogens is 1. The second kappa shape index (κ2) is 11.8. The van der Waals surface area contributed by atoms with Gasteiger partial charge in [-0.3, -0.25) is 4.79 Å². The number of nitrogens with zero attached hydrogens (tertiary/aromatic N) is 3. The van der Waals surface area contributed by atoms with Gasteiger partial charge >= 0.3 is 0 Å². The molecule has 0 amide bonds. The SMILES string of the molecule is C=S(=C)(C)c1ccc(C)cc1.CN1CCN2c3c(cccc31)[C@@H]1CN(CCCC(=O)c3ccc(F)cc3)CC[C@@H]12. The fraction of sp³-hybridized carbons (Fsp3) is 0.382. The summed E-state index contributed by atoms with van der Waals surface area (Å²) in [7, 11) is 1.17. The number of carbonyl (C=O) groups excluding carboxylic acids is 1. The number of carbonyl (C=O) groups is 1. The third-order valence-corrected chi connectivity index (χ3v) is 9.93. The molecule has 1 fully saturated rings. The fourth-order valence-electron chi connectivity index (χ4n) is 6.29. The molecule has 1 saturated heterocycles. The smallest absolute Gasteiger partial charge is 0.162 e. The second-order valence-electron chi connectivity index (χ2n) is 11.7. The average molecular weight is 560 g/mol. The Morgan fingerprint density at radius 3 is 2.42 bits per heavy atom. The minimum atomic E-state index is -1.02. The van der Waals surface area contributed by atoms with Crippen LogP contribution in [0.2, 0.25) is 0 Å². The first-order valence-corrected chi connectivity index (χ1v) is 16.6. The number of ketones is 1. The Kier molecular flexibility index (Phi) is 8.39. The van der Waals surface area contributed by atoms with Crippen LogP contribution >= 0.6 is 9.21 Å². The van der Waals surface area contributed by atoms with Gasteiger partial charge in [-0.25, -0.2) is 4.39 Å². The summed E-state index contributed by atoms with van der Waals surface area (Å²) in [6.45, 7) is 7.42. The molecule has 212 valence electrons. The molecule has 0 bridgehead atoms. The van der Waals surface area contributed by atoms with Gasteiger partial charge in [0, 0.05) is 57.2 Å². The Labute approximate surface area is 239 Å². The van der Waals surface area contributed by atoms with E-state index in [9.17, 15) is 9.18 Å². The lowest BCUT2D eigenvalue weighted by Crippen LogP contribution is -2.49. The molecule has 3 aliphatic heterocycles. The Balaban J connectivity index is 0.000000248. The molecule has 2 atom stereocenters. The van der Waals surface area contributed by atoms with Crippen molar-refractivity contribution in [3.8, 4) is 0 Å². The van der Waals surface area contributed by atoms with Crippen LogP contribution in [-0.4, -0.2) is 74.5 Å². The van der Waals surface area contributed by atoms with Gasteiger partial charge in [-0.1, -0.05) is 41.6 Å². The summed E-state index contributed by atoms with van der Waals surface area (Å²) >= 11 is 0. The van der Waals surface area contributed by atoms with E-state index >= 15 is 0 Å². The van der Waals surface area contributed by atoms with Crippen LogP contribution < -0.4 is 9.80 Å². The zero-order valence-electron chi connectivity index (χ0n) is 24.1. The first-order valence-electron chi connectivity index (χ1n) is 14.2. The average Bonchev–Trinajstić information content (AvgIpc) is 3.25. The van der Waals surface area contributed by atoms with Gasteiger partial charge in [-0.2, -0.15) is 9.21 Å². The molecule has 0 saturated carbocycles. The van der Waals surface area contributed by atoms with E-state index in [2.05, 4.69) is 89.1 Å².